The predicted octanol–water partition coefficient (Wildman–Crippen LogP) is 2.61. The second-order valence-electron chi connectivity index (χ2n) is 6.61. The molecule has 2 aromatic rings. The first-order valence-electron chi connectivity index (χ1n) is 8.02. The quantitative estimate of drug-likeness (QED) is 0.927. The maximum atomic E-state index is 12.7. The molecular formula is C18H20N2O2. The molecule has 0 bridgehead atoms. The van der Waals surface area contributed by atoms with Gasteiger partial charge in [-0.05, 0) is 37.1 Å². The van der Waals surface area contributed by atoms with Crippen LogP contribution in [-0.2, 0) is 0 Å². The first kappa shape index (κ1) is 13.7. The van der Waals surface area contributed by atoms with Crippen LogP contribution in [-0.4, -0.2) is 39.6 Å². The van der Waals surface area contributed by atoms with Gasteiger partial charge in [0.05, 0.1) is 5.60 Å². The SMILES string of the molecule is O=C(c1cc2ccccc2cn1)N1CCCC(C2(O)CC2)C1. The van der Waals surface area contributed by atoms with Gasteiger partial charge in [-0.25, -0.2) is 0 Å². The van der Waals surface area contributed by atoms with Gasteiger partial charge < -0.3 is 10.0 Å². The van der Waals surface area contributed by atoms with Crippen molar-refractivity contribution in [1.82, 2.24) is 9.88 Å². The van der Waals surface area contributed by atoms with Crippen molar-refractivity contribution >= 4 is 16.7 Å². The van der Waals surface area contributed by atoms with Crippen LogP contribution >= 0.6 is 0 Å². The average molecular weight is 296 g/mol. The van der Waals surface area contributed by atoms with Crippen LogP contribution in [0.5, 0.6) is 0 Å². The molecule has 1 unspecified atom stereocenters. The monoisotopic (exact) mass is 296 g/mol. The summed E-state index contributed by atoms with van der Waals surface area (Å²) in [4.78, 5) is 18.9. The Morgan fingerprint density at radius 2 is 2.05 bits per heavy atom. The average Bonchev–Trinajstić information content (AvgIpc) is 3.33. The Hall–Kier alpha value is -1.94. The molecule has 0 radical (unpaired) electrons. The number of pyridine rings is 1. The molecule has 1 N–H and O–H groups in total. The Kier molecular flexibility index (Phi) is 3.15. The highest BCUT2D eigenvalue weighted by molar-refractivity contribution is 5.96. The van der Waals surface area contributed by atoms with Crippen LogP contribution in [0.3, 0.4) is 0 Å². The van der Waals surface area contributed by atoms with E-state index in [-0.39, 0.29) is 11.8 Å². The number of benzene rings is 1. The molecule has 4 heteroatoms. The highest BCUT2D eigenvalue weighted by atomic mass is 16.3. The Bertz CT molecular complexity index is 724. The van der Waals surface area contributed by atoms with E-state index in [9.17, 15) is 9.90 Å². The second-order valence-corrected chi connectivity index (χ2v) is 6.61. The van der Waals surface area contributed by atoms with Gasteiger partial charge >= 0.3 is 0 Å². The molecular weight excluding hydrogens is 276 g/mol. The van der Waals surface area contributed by atoms with Crippen molar-refractivity contribution < 1.29 is 9.90 Å². The molecule has 1 aliphatic heterocycles. The molecule has 1 atom stereocenters. The number of carbonyl (C=O) groups excluding carboxylic acids is 1. The minimum Gasteiger partial charge on any atom is -0.390 e. The van der Waals surface area contributed by atoms with Gasteiger partial charge in [0.25, 0.3) is 5.91 Å². The number of amides is 1. The van der Waals surface area contributed by atoms with E-state index in [0.29, 0.717) is 12.2 Å². The number of hydrogen-bond acceptors (Lipinski definition) is 3. The summed E-state index contributed by atoms with van der Waals surface area (Å²) >= 11 is 0. The van der Waals surface area contributed by atoms with Crippen LogP contribution in [0.15, 0.2) is 36.5 Å². The summed E-state index contributed by atoms with van der Waals surface area (Å²) in [7, 11) is 0. The lowest BCUT2D eigenvalue weighted by Gasteiger charge is -2.35. The van der Waals surface area contributed by atoms with E-state index in [1.807, 2.05) is 35.2 Å². The Balaban J connectivity index is 1.56. The molecule has 4 rings (SSSR count). The highest BCUT2D eigenvalue weighted by Crippen LogP contribution is 2.45. The standard InChI is InChI=1S/C18H20N2O2/c21-17(16-10-13-4-1-2-5-14(13)11-19-16)20-9-3-6-15(12-20)18(22)7-8-18/h1-2,4-5,10-11,15,22H,3,6-9,12H2. The Morgan fingerprint density at radius 1 is 1.27 bits per heavy atom. The summed E-state index contributed by atoms with van der Waals surface area (Å²) in [6.07, 6.45) is 5.51. The van der Waals surface area contributed by atoms with Gasteiger partial charge in [-0.15, -0.1) is 0 Å². The molecule has 1 aliphatic carbocycles. The lowest BCUT2D eigenvalue weighted by atomic mass is 9.90. The molecule has 1 saturated heterocycles. The maximum absolute atomic E-state index is 12.7. The molecule has 2 fully saturated rings. The third-order valence-corrected chi connectivity index (χ3v) is 5.08. The largest absolute Gasteiger partial charge is 0.390 e. The van der Waals surface area contributed by atoms with Crippen molar-refractivity contribution in [2.75, 3.05) is 13.1 Å². The van der Waals surface area contributed by atoms with E-state index in [4.69, 9.17) is 0 Å². The number of fused-ring (bicyclic) bond motifs is 1. The van der Waals surface area contributed by atoms with E-state index in [1.54, 1.807) is 6.20 Å². The van der Waals surface area contributed by atoms with Gasteiger partial charge in [-0.1, -0.05) is 24.3 Å². The topological polar surface area (TPSA) is 53.4 Å². The molecule has 1 amide bonds. The minimum atomic E-state index is -0.504. The number of aromatic nitrogens is 1. The van der Waals surface area contributed by atoms with E-state index < -0.39 is 5.60 Å². The molecule has 2 aliphatic rings. The lowest BCUT2D eigenvalue weighted by molar-refractivity contribution is 0.0279. The van der Waals surface area contributed by atoms with E-state index >= 15 is 0 Å². The summed E-state index contributed by atoms with van der Waals surface area (Å²) in [6.45, 7) is 1.42. The fraction of sp³-hybridized carbons (Fsp3) is 0.444. The number of carbonyl (C=O) groups is 1. The maximum Gasteiger partial charge on any atom is 0.272 e. The minimum absolute atomic E-state index is 0.0142. The Labute approximate surface area is 129 Å². The fourth-order valence-corrected chi connectivity index (χ4v) is 3.50. The Morgan fingerprint density at radius 3 is 2.82 bits per heavy atom. The number of nitrogens with zero attached hydrogens (tertiary/aromatic N) is 2. The molecule has 22 heavy (non-hydrogen) atoms. The first-order valence-corrected chi connectivity index (χ1v) is 8.02. The van der Waals surface area contributed by atoms with Crippen molar-refractivity contribution in [2.45, 2.75) is 31.3 Å². The summed E-state index contributed by atoms with van der Waals surface area (Å²) in [5.41, 5.74) is -0.00222. The van der Waals surface area contributed by atoms with Crippen molar-refractivity contribution in [3.63, 3.8) is 0 Å². The van der Waals surface area contributed by atoms with Crippen molar-refractivity contribution in [3.8, 4) is 0 Å². The van der Waals surface area contributed by atoms with Crippen molar-refractivity contribution in [1.29, 1.82) is 0 Å². The summed E-state index contributed by atoms with van der Waals surface area (Å²) in [5.74, 6) is 0.213. The van der Waals surface area contributed by atoms with Gasteiger partial charge in [-0.3, -0.25) is 9.78 Å². The van der Waals surface area contributed by atoms with Crippen LogP contribution in [0.2, 0.25) is 0 Å². The van der Waals surface area contributed by atoms with Crippen molar-refractivity contribution in [3.05, 3.63) is 42.2 Å². The van der Waals surface area contributed by atoms with E-state index in [2.05, 4.69) is 4.98 Å². The molecule has 4 nitrogen and oxygen atoms in total. The molecule has 114 valence electrons. The van der Waals surface area contributed by atoms with E-state index in [0.717, 1.165) is 43.0 Å². The third kappa shape index (κ3) is 2.37. The van der Waals surface area contributed by atoms with Gasteiger partial charge in [0.2, 0.25) is 0 Å². The van der Waals surface area contributed by atoms with Crippen LogP contribution < -0.4 is 0 Å². The summed E-state index contributed by atoms with van der Waals surface area (Å²) in [5, 5.41) is 12.4. The zero-order valence-corrected chi connectivity index (χ0v) is 12.5. The number of likely N-dealkylation sites (tertiary alicyclic amines) is 1. The molecule has 1 saturated carbocycles. The van der Waals surface area contributed by atoms with Crippen molar-refractivity contribution in [2.24, 2.45) is 5.92 Å². The normalized spacial score (nSPS) is 23.5. The number of hydrogen-bond donors (Lipinski definition) is 1. The van der Waals surface area contributed by atoms with Gasteiger partial charge in [0.15, 0.2) is 0 Å². The van der Waals surface area contributed by atoms with Gasteiger partial charge in [-0.2, -0.15) is 0 Å². The smallest absolute Gasteiger partial charge is 0.272 e. The molecule has 2 heterocycles. The third-order valence-electron chi connectivity index (χ3n) is 5.08. The number of rotatable bonds is 2. The van der Waals surface area contributed by atoms with Crippen LogP contribution in [0.4, 0.5) is 0 Å². The molecule has 0 spiro atoms. The first-order chi connectivity index (χ1) is 10.7. The lowest BCUT2D eigenvalue weighted by Crippen LogP contribution is -2.44. The van der Waals surface area contributed by atoms with Crippen LogP contribution in [0.25, 0.3) is 10.8 Å². The number of aliphatic hydroxyl groups is 1. The second kappa shape index (κ2) is 5.06. The fourth-order valence-electron chi connectivity index (χ4n) is 3.50. The van der Waals surface area contributed by atoms with Gasteiger partial charge in [0, 0.05) is 30.6 Å². The summed E-state index contributed by atoms with van der Waals surface area (Å²) in [6, 6.07) is 9.80. The molecule has 1 aromatic carbocycles. The van der Waals surface area contributed by atoms with E-state index in [1.165, 1.54) is 0 Å². The van der Waals surface area contributed by atoms with Crippen LogP contribution in [0.1, 0.15) is 36.2 Å². The van der Waals surface area contributed by atoms with Crippen LogP contribution in [0, 0.1) is 5.92 Å². The highest BCUT2D eigenvalue weighted by Gasteiger charge is 2.49. The summed E-state index contributed by atoms with van der Waals surface area (Å²) < 4.78 is 0. The zero-order valence-electron chi connectivity index (χ0n) is 12.5. The molecule has 1 aromatic heterocycles. The number of piperidine rings is 1. The zero-order chi connectivity index (χ0) is 15.2. The van der Waals surface area contributed by atoms with Gasteiger partial charge in [0.1, 0.15) is 5.69 Å². The predicted molar refractivity (Wildman–Crippen MR) is 84.6 cm³/mol.